The van der Waals surface area contributed by atoms with Crippen LogP contribution in [0.2, 0.25) is 0 Å². The van der Waals surface area contributed by atoms with Gasteiger partial charge in [-0.2, -0.15) is 0 Å². The Kier molecular flexibility index (Phi) is 3.62. The van der Waals surface area contributed by atoms with Gasteiger partial charge < -0.3 is 11.1 Å². The van der Waals surface area contributed by atoms with E-state index in [4.69, 9.17) is 5.73 Å². The lowest BCUT2D eigenvalue weighted by Crippen LogP contribution is -2.23. The molecule has 0 aliphatic heterocycles. The van der Waals surface area contributed by atoms with Crippen molar-refractivity contribution in [3.63, 3.8) is 0 Å². The number of amides is 1. The Morgan fingerprint density at radius 3 is 2.83 bits per heavy atom. The number of hydrogen-bond donors (Lipinski definition) is 2. The molecule has 1 heterocycles. The third kappa shape index (κ3) is 2.68. The van der Waals surface area contributed by atoms with Crippen molar-refractivity contribution in [2.45, 2.75) is 20.4 Å². The molecule has 2 rings (SSSR count). The summed E-state index contributed by atoms with van der Waals surface area (Å²) in [5.74, 6) is -0.0831. The fourth-order valence-corrected chi connectivity index (χ4v) is 2.41. The highest BCUT2D eigenvalue weighted by atomic mass is 32.1. The molecule has 0 bridgehead atoms. The molecule has 0 unspecified atom stereocenters. The molecule has 1 amide bonds. The van der Waals surface area contributed by atoms with E-state index in [9.17, 15) is 4.79 Å². The molecule has 18 heavy (non-hydrogen) atoms. The molecule has 1 aromatic carbocycles. The minimum absolute atomic E-state index is 0.0831. The second-order valence-corrected chi connectivity index (χ2v) is 5.06. The number of thiazole rings is 1. The number of aromatic nitrogens is 1. The summed E-state index contributed by atoms with van der Waals surface area (Å²) in [6.45, 7) is 4.33. The summed E-state index contributed by atoms with van der Waals surface area (Å²) in [6, 6.07) is 5.28. The molecule has 3 N–H and O–H groups in total. The van der Waals surface area contributed by atoms with Crippen LogP contribution in [-0.2, 0) is 6.54 Å². The average molecular weight is 261 g/mol. The Bertz CT molecular complexity index is 577. The van der Waals surface area contributed by atoms with E-state index >= 15 is 0 Å². The lowest BCUT2D eigenvalue weighted by Gasteiger charge is -2.07. The van der Waals surface area contributed by atoms with Crippen LogP contribution in [0, 0.1) is 13.8 Å². The van der Waals surface area contributed by atoms with Crippen LogP contribution in [0.15, 0.2) is 23.7 Å². The van der Waals surface area contributed by atoms with Gasteiger partial charge in [-0.25, -0.2) is 4.98 Å². The molecule has 0 fully saturated rings. The fourth-order valence-electron chi connectivity index (χ4n) is 1.69. The van der Waals surface area contributed by atoms with Gasteiger partial charge >= 0.3 is 0 Å². The maximum Gasteiger partial charge on any atom is 0.251 e. The summed E-state index contributed by atoms with van der Waals surface area (Å²) in [5.41, 5.74) is 10.6. The van der Waals surface area contributed by atoms with Crippen LogP contribution < -0.4 is 11.1 Å². The van der Waals surface area contributed by atoms with Gasteiger partial charge in [0.15, 0.2) is 0 Å². The van der Waals surface area contributed by atoms with Gasteiger partial charge in [0.25, 0.3) is 5.91 Å². The number of nitrogens with zero attached hydrogens (tertiary/aromatic N) is 1. The van der Waals surface area contributed by atoms with Crippen LogP contribution in [0.1, 0.15) is 26.5 Å². The van der Waals surface area contributed by atoms with Crippen molar-refractivity contribution in [3.05, 3.63) is 45.4 Å². The molecule has 2 aromatic rings. The van der Waals surface area contributed by atoms with Crippen LogP contribution in [0.25, 0.3) is 0 Å². The van der Waals surface area contributed by atoms with E-state index in [1.165, 1.54) is 0 Å². The Labute approximate surface area is 110 Å². The maximum absolute atomic E-state index is 12.0. The Morgan fingerprint density at radius 1 is 1.44 bits per heavy atom. The van der Waals surface area contributed by atoms with Crippen LogP contribution in [0.3, 0.4) is 0 Å². The van der Waals surface area contributed by atoms with E-state index in [0.29, 0.717) is 17.8 Å². The first-order valence-electron chi connectivity index (χ1n) is 5.61. The zero-order valence-corrected chi connectivity index (χ0v) is 11.2. The van der Waals surface area contributed by atoms with E-state index in [1.807, 2.05) is 13.8 Å². The van der Waals surface area contributed by atoms with Crippen LogP contribution in [0.5, 0.6) is 0 Å². The SMILES string of the molecule is Cc1cc(N)ccc1C(=O)NCc1scnc1C. The number of rotatable bonds is 3. The first-order valence-corrected chi connectivity index (χ1v) is 6.49. The molecule has 0 aliphatic carbocycles. The summed E-state index contributed by atoms with van der Waals surface area (Å²) < 4.78 is 0. The molecular weight excluding hydrogens is 246 g/mol. The Hall–Kier alpha value is -1.88. The second kappa shape index (κ2) is 5.18. The average Bonchev–Trinajstić information content (AvgIpc) is 2.72. The third-order valence-corrected chi connectivity index (χ3v) is 3.68. The number of hydrogen-bond acceptors (Lipinski definition) is 4. The molecule has 0 saturated carbocycles. The summed E-state index contributed by atoms with van der Waals surface area (Å²) in [5, 5.41) is 2.89. The molecule has 1 aromatic heterocycles. The highest BCUT2D eigenvalue weighted by Crippen LogP contribution is 2.14. The van der Waals surface area contributed by atoms with Crippen molar-refractivity contribution >= 4 is 22.9 Å². The molecule has 0 radical (unpaired) electrons. The Morgan fingerprint density at radius 2 is 2.22 bits per heavy atom. The summed E-state index contributed by atoms with van der Waals surface area (Å²) in [4.78, 5) is 17.2. The van der Waals surface area contributed by atoms with Crippen molar-refractivity contribution in [1.82, 2.24) is 10.3 Å². The van der Waals surface area contributed by atoms with Crippen molar-refractivity contribution in [2.24, 2.45) is 0 Å². The first kappa shape index (κ1) is 12.6. The van der Waals surface area contributed by atoms with Gasteiger partial charge in [0.2, 0.25) is 0 Å². The van der Waals surface area contributed by atoms with Crippen molar-refractivity contribution in [3.8, 4) is 0 Å². The minimum atomic E-state index is -0.0831. The van der Waals surface area contributed by atoms with Crippen LogP contribution in [-0.4, -0.2) is 10.9 Å². The van der Waals surface area contributed by atoms with Crippen LogP contribution >= 0.6 is 11.3 Å². The number of anilines is 1. The normalized spacial score (nSPS) is 10.3. The number of nitrogens with two attached hydrogens (primary N) is 1. The molecular formula is C13H15N3OS. The lowest BCUT2D eigenvalue weighted by atomic mass is 10.1. The zero-order valence-electron chi connectivity index (χ0n) is 10.4. The fraction of sp³-hybridized carbons (Fsp3) is 0.231. The number of nitrogens with one attached hydrogen (secondary N) is 1. The van der Waals surface area contributed by atoms with Gasteiger partial charge in [-0.05, 0) is 37.6 Å². The largest absolute Gasteiger partial charge is 0.399 e. The monoisotopic (exact) mass is 261 g/mol. The Balaban J connectivity index is 2.06. The topological polar surface area (TPSA) is 68.0 Å². The van der Waals surface area contributed by atoms with Crippen molar-refractivity contribution in [1.29, 1.82) is 0 Å². The van der Waals surface area contributed by atoms with E-state index < -0.39 is 0 Å². The maximum atomic E-state index is 12.0. The van der Waals surface area contributed by atoms with Gasteiger partial charge in [-0.15, -0.1) is 11.3 Å². The minimum Gasteiger partial charge on any atom is -0.399 e. The number of nitrogen functional groups attached to an aromatic ring is 1. The molecule has 94 valence electrons. The zero-order chi connectivity index (χ0) is 13.1. The summed E-state index contributed by atoms with van der Waals surface area (Å²) >= 11 is 1.55. The van der Waals surface area contributed by atoms with Gasteiger partial charge in [-0.3, -0.25) is 4.79 Å². The molecule has 4 nitrogen and oxygen atoms in total. The lowest BCUT2D eigenvalue weighted by molar-refractivity contribution is 0.0950. The molecule has 0 spiro atoms. The van der Waals surface area contributed by atoms with Crippen LogP contribution in [0.4, 0.5) is 5.69 Å². The number of carbonyl (C=O) groups is 1. The third-order valence-electron chi connectivity index (χ3n) is 2.75. The predicted octanol–water partition coefficient (Wildman–Crippen LogP) is 2.27. The summed E-state index contributed by atoms with van der Waals surface area (Å²) in [6.07, 6.45) is 0. The van der Waals surface area contributed by atoms with Crippen molar-refractivity contribution < 1.29 is 4.79 Å². The molecule has 0 saturated heterocycles. The number of carbonyl (C=O) groups excluding carboxylic acids is 1. The number of aryl methyl sites for hydroxylation is 2. The molecule has 0 atom stereocenters. The summed E-state index contributed by atoms with van der Waals surface area (Å²) in [7, 11) is 0. The van der Waals surface area contributed by atoms with Gasteiger partial charge in [0.1, 0.15) is 0 Å². The van der Waals surface area contributed by atoms with E-state index in [1.54, 1.807) is 35.0 Å². The standard InChI is InChI=1S/C13H15N3OS/c1-8-5-10(14)3-4-11(8)13(17)15-6-12-9(2)16-7-18-12/h3-5,7H,6,14H2,1-2H3,(H,15,17). The highest BCUT2D eigenvalue weighted by Gasteiger charge is 2.10. The highest BCUT2D eigenvalue weighted by molar-refractivity contribution is 7.09. The smallest absolute Gasteiger partial charge is 0.251 e. The first-order chi connectivity index (χ1) is 8.58. The number of benzene rings is 1. The van der Waals surface area contributed by atoms with E-state index in [-0.39, 0.29) is 5.91 Å². The quantitative estimate of drug-likeness (QED) is 0.833. The van der Waals surface area contributed by atoms with E-state index in [0.717, 1.165) is 16.1 Å². The molecule has 0 aliphatic rings. The van der Waals surface area contributed by atoms with Gasteiger partial charge in [0.05, 0.1) is 17.7 Å². The van der Waals surface area contributed by atoms with E-state index in [2.05, 4.69) is 10.3 Å². The predicted molar refractivity (Wildman–Crippen MR) is 73.6 cm³/mol. The van der Waals surface area contributed by atoms with Crippen molar-refractivity contribution in [2.75, 3.05) is 5.73 Å². The van der Waals surface area contributed by atoms with Gasteiger partial charge in [0, 0.05) is 16.1 Å². The molecule has 5 heteroatoms. The van der Waals surface area contributed by atoms with Gasteiger partial charge in [-0.1, -0.05) is 0 Å². The second-order valence-electron chi connectivity index (χ2n) is 4.12.